The highest BCUT2D eigenvalue weighted by atomic mass is 16.3. The van der Waals surface area contributed by atoms with E-state index >= 15 is 0 Å². The lowest BCUT2D eigenvalue weighted by molar-refractivity contribution is -0.132. The zero-order valence-corrected chi connectivity index (χ0v) is 42.2. The van der Waals surface area contributed by atoms with Crippen LogP contribution in [0.15, 0.2) is 0 Å². The molecule has 5 N–H and O–H groups in total. The number of carbonyl (C=O) groups is 1. The first-order valence-electron chi connectivity index (χ1n) is 28.4. The van der Waals surface area contributed by atoms with Crippen LogP contribution in [-0.4, -0.2) is 57.3 Å². The molecule has 6 nitrogen and oxygen atoms in total. The first-order valence-corrected chi connectivity index (χ1v) is 28.4. The number of hydrogen-bond acceptors (Lipinski definition) is 5. The summed E-state index contributed by atoms with van der Waals surface area (Å²) in [6.45, 7) is 4.09. The lowest BCUT2D eigenvalue weighted by Crippen LogP contribution is -2.53. The van der Waals surface area contributed by atoms with Crippen molar-refractivity contribution in [3.8, 4) is 0 Å². The van der Waals surface area contributed by atoms with Crippen LogP contribution in [0.1, 0.15) is 322 Å². The molecule has 372 valence electrons. The van der Waals surface area contributed by atoms with E-state index in [1.165, 1.54) is 257 Å². The molecule has 0 bridgehead atoms. The summed E-state index contributed by atoms with van der Waals surface area (Å²) in [5.74, 6) is -0.576. The number of unbranched alkanes of at least 4 members (excludes halogenated alkanes) is 44. The third kappa shape index (κ3) is 44.5. The first kappa shape index (κ1) is 61.3. The molecule has 0 radical (unpaired) electrons. The van der Waals surface area contributed by atoms with Crippen LogP contribution in [0.25, 0.3) is 0 Å². The van der Waals surface area contributed by atoms with Crippen LogP contribution in [0.4, 0.5) is 0 Å². The summed E-state index contributed by atoms with van der Waals surface area (Å²) in [7, 11) is 0. The Bertz CT molecular complexity index is 856. The van der Waals surface area contributed by atoms with Crippen LogP contribution in [0.3, 0.4) is 0 Å². The molecule has 0 aromatic rings. The van der Waals surface area contributed by atoms with E-state index in [0.29, 0.717) is 12.8 Å². The van der Waals surface area contributed by atoms with Crippen LogP contribution in [-0.2, 0) is 4.79 Å². The number of hydrogen-bond donors (Lipinski definition) is 5. The maximum absolute atomic E-state index is 12.6. The van der Waals surface area contributed by atoms with E-state index < -0.39 is 36.9 Å². The first-order chi connectivity index (χ1) is 30.5. The predicted octanol–water partition coefficient (Wildman–Crippen LogP) is 16.3. The SMILES string of the molecule is CCCCCCCCCCCCCCCCCCCCCCCCCCCCCCCCC(O)C(=O)NC(CO)C(O)C(O)CCCCCCCCCCCCCCCCCC. The van der Waals surface area contributed by atoms with Crippen LogP contribution >= 0.6 is 0 Å². The minimum Gasteiger partial charge on any atom is -0.394 e. The quantitative estimate of drug-likeness (QED) is 0.0391. The molecule has 0 aliphatic rings. The van der Waals surface area contributed by atoms with Crippen molar-refractivity contribution in [2.45, 2.75) is 346 Å². The molecule has 62 heavy (non-hydrogen) atoms. The lowest BCUT2D eigenvalue weighted by Gasteiger charge is -2.27. The highest BCUT2D eigenvalue weighted by Gasteiger charge is 2.28. The molecule has 6 heteroatoms. The second-order valence-corrected chi connectivity index (χ2v) is 20.0. The van der Waals surface area contributed by atoms with E-state index in [9.17, 15) is 25.2 Å². The average molecular weight is 881 g/mol. The Kier molecular flexibility index (Phi) is 50.7. The van der Waals surface area contributed by atoms with Gasteiger partial charge in [-0.15, -0.1) is 0 Å². The van der Waals surface area contributed by atoms with Gasteiger partial charge in [0.1, 0.15) is 12.2 Å². The third-order valence-corrected chi connectivity index (χ3v) is 13.8. The number of aliphatic hydroxyl groups is 4. The largest absolute Gasteiger partial charge is 0.394 e. The Balaban J connectivity index is 3.54. The van der Waals surface area contributed by atoms with Gasteiger partial charge in [0.05, 0.1) is 18.8 Å². The normalized spacial score (nSPS) is 13.7. The van der Waals surface area contributed by atoms with Crippen LogP contribution in [0.5, 0.6) is 0 Å². The van der Waals surface area contributed by atoms with Crippen molar-refractivity contribution < 1.29 is 25.2 Å². The van der Waals surface area contributed by atoms with Gasteiger partial charge in [0.25, 0.3) is 0 Å². The minimum absolute atomic E-state index is 0.376. The molecule has 0 saturated heterocycles. The van der Waals surface area contributed by atoms with Gasteiger partial charge in [0.2, 0.25) is 5.91 Å². The fourth-order valence-electron chi connectivity index (χ4n) is 9.35. The standard InChI is InChI=1S/C56H113NO5/c1-3-5-7-9-11-13-15-17-19-21-22-23-24-25-26-27-28-29-30-31-32-33-34-36-38-40-42-44-46-48-50-54(60)56(62)57-52(51-58)55(61)53(59)49-47-45-43-41-39-37-35-20-18-16-14-12-10-8-6-4-2/h52-55,58-61H,3-51H2,1-2H3,(H,57,62). The Morgan fingerprint density at radius 3 is 0.774 bits per heavy atom. The third-order valence-electron chi connectivity index (χ3n) is 13.8. The van der Waals surface area contributed by atoms with E-state index in [1.54, 1.807) is 0 Å². The fraction of sp³-hybridized carbons (Fsp3) is 0.982. The Hall–Kier alpha value is -0.690. The van der Waals surface area contributed by atoms with Crippen molar-refractivity contribution in [2.75, 3.05) is 6.61 Å². The van der Waals surface area contributed by atoms with Crippen molar-refractivity contribution >= 4 is 5.91 Å². The number of aliphatic hydroxyl groups excluding tert-OH is 4. The van der Waals surface area contributed by atoms with Gasteiger partial charge in [-0.25, -0.2) is 0 Å². The Labute approximate surface area is 388 Å². The van der Waals surface area contributed by atoms with Crippen molar-refractivity contribution in [1.82, 2.24) is 5.32 Å². The van der Waals surface area contributed by atoms with Gasteiger partial charge in [0.15, 0.2) is 0 Å². The highest BCUT2D eigenvalue weighted by Crippen LogP contribution is 2.19. The fourth-order valence-corrected chi connectivity index (χ4v) is 9.35. The molecule has 1 amide bonds. The van der Waals surface area contributed by atoms with Gasteiger partial charge < -0.3 is 25.7 Å². The van der Waals surface area contributed by atoms with Gasteiger partial charge in [0, 0.05) is 0 Å². The smallest absolute Gasteiger partial charge is 0.249 e. The monoisotopic (exact) mass is 880 g/mol. The molecular weight excluding hydrogens is 767 g/mol. The molecule has 0 saturated carbocycles. The van der Waals surface area contributed by atoms with Crippen LogP contribution < -0.4 is 5.32 Å². The average Bonchev–Trinajstić information content (AvgIpc) is 3.28. The predicted molar refractivity (Wildman–Crippen MR) is 270 cm³/mol. The molecule has 0 aliphatic heterocycles. The van der Waals surface area contributed by atoms with Gasteiger partial charge in [-0.1, -0.05) is 309 Å². The zero-order chi connectivity index (χ0) is 45.2. The zero-order valence-electron chi connectivity index (χ0n) is 42.2. The van der Waals surface area contributed by atoms with E-state index in [-0.39, 0.29) is 0 Å². The van der Waals surface area contributed by atoms with E-state index in [4.69, 9.17) is 0 Å². The summed E-state index contributed by atoms with van der Waals surface area (Å²) >= 11 is 0. The van der Waals surface area contributed by atoms with Crippen molar-refractivity contribution in [2.24, 2.45) is 0 Å². The number of amides is 1. The number of rotatable bonds is 53. The molecule has 0 aromatic carbocycles. The number of nitrogens with one attached hydrogen (secondary N) is 1. The van der Waals surface area contributed by atoms with Crippen molar-refractivity contribution in [1.29, 1.82) is 0 Å². The van der Waals surface area contributed by atoms with E-state index in [1.807, 2.05) is 0 Å². The maximum atomic E-state index is 12.6. The summed E-state index contributed by atoms with van der Waals surface area (Å²) in [4.78, 5) is 12.6. The summed E-state index contributed by atoms with van der Waals surface area (Å²) < 4.78 is 0. The highest BCUT2D eigenvalue weighted by molar-refractivity contribution is 5.80. The maximum Gasteiger partial charge on any atom is 0.249 e. The molecule has 0 fully saturated rings. The molecule has 0 aliphatic carbocycles. The van der Waals surface area contributed by atoms with Crippen molar-refractivity contribution in [3.05, 3.63) is 0 Å². The molecule has 0 aromatic heterocycles. The molecular formula is C56H113NO5. The summed E-state index contributed by atoms with van der Waals surface area (Å²) in [6, 6.07) is -0.980. The second-order valence-electron chi connectivity index (χ2n) is 20.0. The molecule has 4 atom stereocenters. The Morgan fingerprint density at radius 1 is 0.339 bits per heavy atom. The lowest BCUT2D eigenvalue weighted by atomic mass is 9.99. The van der Waals surface area contributed by atoms with Gasteiger partial charge in [-0.2, -0.15) is 0 Å². The van der Waals surface area contributed by atoms with Crippen LogP contribution in [0.2, 0.25) is 0 Å². The van der Waals surface area contributed by atoms with E-state index in [2.05, 4.69) is 19.2 Å². The molecule has 0 spiro atoms. The topological polar surface area (TPSA) is 110 Å². The van der Waals surface area contributed by atoms with Crippen molar-refractivity contribution in [3.63, 3.8) is 0 Å². The van der Waals surface area contributed by atoms with Crippen LogP contribution in [0, 0.1) is 0 Å². The minimum atomic E-state index is -1.25. The molecule has 4 unspecified atom stereocenters. The second kappa shape index (κ2) is 51.3. The Morgan fingerprint density at radius 2 is 0.548 bits per heavy atom. The number of carbonyl (C=O) groups excluding carboxylic acids is 1. The molecule has 0 rings (SSSR count). The summed E-state index contributed by atoms with van der Waals surface area (Å²) in [5, 5.41) is 44.0. The van der Waals surface area contributed by atoms with Gasteiger partial charge in [-0.3, -0.25) is 4.79 Å². The molecule has 0 heterocycles. The van der Waals surface area contributed by atoms with E-state index in [0.717, 1.165) is 38.5 Å². The van der Waals surface area contributed by atoms with Gasteiger partial charge >= 0.3 is 0 Å². The van der Waals surface area contributed by atoms with Gasteiger partial charge in [-0.05, 0) is 12.8 Å². The summed E-state index contributed by atoms with van der Waals surface area (Å²) in [5.41, 5.74) is 0. The summed E-state index contributed by atoms with van der Waals surface area (Å²) in [6.07, 6.45) is 58.9.